The molecule has 0 bridgehead atoms. The summed E-state index contributed by atoms with van der Waals surface area (Å²) in [6, 6.07) is 10.6. The summed E-state index contributed by atoms with van der Waals surface area (Å²) in [5.74, 6) is 0. The molecule has 0 amide bonds. The zero-order valence-corrected chi connectivity index (χ0v) is 10.4. The number of anilines is 2. The lowest BCUT2D eigenvalue weighted by Crippen LogP contribution is -1.99. The van der Waals surface area contributed by atoms with Crippen LogP contribution in [0.1, 0.15) is 11.1 Å². The molecular formula is C13H16N2S. The lowest BCUT2D eigenvalue weighted by molar-refractivity contribution is 1.15. The van der Waals surface area contributed by atoms with E-state index in [0.29, 0.717) is 0 Å². The predicted molar refractivity (Wildman–Crippen MR) is 72.4 cm³/mol. The maximum Gasteiger partial charge on any atom is 0.0914 e. The van der Waals surface area contributed by atoms with Gasteiger partial charge in [-0.15, -0.1) is 11.3 Å². The summed E-state index contributed by atoms with van der Waals surface area (Å²) in [5.41, 5.74) is 3.76. The Morgan fingerprint density at radius 3 is 2.81 bits per heavy atom. The molecule has 0 saturated carbocycles. The van der Waals surface area contributed by atoms with Crippen LogP contribution in [0, 0.1) is 6.92 Å². The second-order valence-corrected chi connectivity index (χ2v) is 4.65. The molecule has 2 nitrogen and oxygen atoms in total. The van der Waals surface area contributed by atoms with Crippen LogP contribution in [0.5, 0.6) is 0 Å². The third kappa shape index (κ3) is 2.55. The maximum absolute atomic E-state index is 3.45. The van der Waals surface area contributed by atoms with Gasteiger partial charge in [-0.1, -0.05) is 12.1 Å². The number of nitrogens with one attached hydrogen (secondary N) is 2. The van der Waals surface area contributed by atoms with Gasteiger partial charge < -0.3 is 10.6 Å². The largest absolute Gasteiger partial charge is 0.388 e. The van der Waals surface area contributed by atoms with Gasteiger partial charge in [-0.2, -0.15) is 0 Å². The van der Waals surface area contributed by atoms with Crippen LogP contribution in [-0.4, -0.2) is 7.05 Å². The fourth-order valence-corrected chi connectivity index (χ4v) is 2.39. The molecule has 0 aliphatic carbocycles. The van der Waals surface area contributed by atoms with Crippen molar-refractivity contribution in [3.8, 4) is 0 Å². The van der Waals surface area contributed by atoms with E-state index in [1.807, 2.05) is 7.05 Å². The molecule has 0 atom stereocenters. The van der Waals surface area contributed by atoms with Crippen molar-refractivity contribution in [3.63, 3.8) is 0 Å². The van der Waals surface area contributed by atoms with Crippen LogP contribution < -0.4 is 10.6 Å². The quantitative estimate of drug-likeness (QED) is 0.839. The minimum atomic E-state index is 0.872. The fraction of sp³-hybridized carbons (Fsp3) is 0.231. The number of aryl methyl sites for hydroxylation is 1. The monoisotopic (exact) mass is 232 g/mol. The average Bonchev–Trinajstić information content (AvgIpc) is 2.72. The first-order valence-corrected chi connectivity index (χ1v) is 6.22. The van der Waals surface area contributed by atoms with Crippen LogP contribution in [-0.2, 0) is 6.54 Å². The maximum atomic E-state index is 3.45. The summed E-state index contributed by atoms with van der Waals surface area (Å²) in [4.78, 5) is 0. The van der Waals surface area contributed by atoms with E-state index in [-0.39, 0.29) is 0 Å². The van der Waals surface area contributed by atoms with Crippen LogP contribution in [0.25, 0.3) is 0 Å². The molecule has 0 aliphatic heterocycles. The third-order valence-corrected chi connectivity index (χ3v) is 3.50. The Morgan fingerprint density at radius 1 is 1.25 bits per heavy atom. The molecule has 0 radical (unpaired) electrons. The summed E-state index contributed by atoms with van der Waals surface area (Å²) in [6.45, 7) is 3.00. The zero-order valence-electron chi connectivity index (χ0n) is 9.58. The van der Waals surface area contributed by atoms with Gasteiger partial charge in [0.25, 0.3) is 0 Å². The summed E-state index contributed by atoms with van der Waals surface area (Å²) in [5, 5.41) is 9.97. The van der Waals surface area contributed by atoms with E-state index >= 15 is 0 Å². The van der Waals surface area contributed by atoms with Gasteiger partial charge in [0.15, 0.2) is 0 Å². The lowest BCUT2D eigenvalue weighted by atomic mass is 10.2. The van der Waals surface area contributed by atoms with Gasteiger partial charge in [0.05, 0.1) is 5.00 Å². The molecule has 1 aromatic heterocycles. The van der Waals surface area contributed by atoms with E-state index in [1.54, 1.807) is 11.3 Å². The van der Waals surface area contributed by atoms with Crippen LogP contribution in [0.4, 0.5) is 10.7 Å². The molecule has 0 saturated heterocycles. The van der Waals surface area contributed by atoms with Crippen molar-refractivity contribution in [3.05, 3.63) is 46.8 Å². The van der Waals surface area contributed by atoms with Gasteiger partial charge in [-0.25, -0.2) is 0 Å². The number of hydrogen-bond donors (Lipinski definition) is 2. The second-order valence-electron chi connectivity index (χ2n) is 3.74. The number of rotatable bonds is 4. The molecule has 1 heterocycles. The predicted octanol–water partition coefficient (Wildman–Crippen LogP) is 3.71. The minimum Gasteiger partial charge on any atom is -0.388 e. The first-order chi connectivity index (χ1) is 7.79. The van der Waals surface area contributed by atoms with Crippen LogP contribution in [0.3, 0.4) is 0 Å². The molecule has 2 rings (SSSR count). The van der Waals surface area contributed by atoms with Gasteiger partial charge in [-0.05, 0) is 41.6 Å². The standard InChI is InChI=1S/C13H16N2S/c1-10-6-7-16-13(10)15-9-11-4-3-5-12(8-11)14-2/h3-8,14-15H,9H2,1-2H3. The zero-order chi connectivity index (χ0) is 11.4. The highest BCUT2D eigenvalue weighted by molar-refractivity contribution is 7.14. The third-order valence-electron chi connectivity index (χ3n) is 2.53. The van der Waals surface area contributed by atoms with E-state index in [0.717, 1.165) is 12.2 Å². The van der Waals surface area contributed by atoms with E-state index in [9.17, 15) is 0 Å². The molecular weight excluding hydrogens is 216 g/mol. The van der Waals surface area contributed by atoms with Gasteiger partial charge >= 0.3 is 0 Å². The van der Waals surface area contributed by atoms with Crippen molar-refractivity contribution < 1.29 is 0 Å². The molecule has 0 aliphatic rings. The molecule has 16 heavy (non-hydrogen) atoms. The second kappa shape index (κ2) is 5.03. The van der Waals surface area contributed by atoms with Gasteiger partial charge in [0.1, 0.15) is 0 Å². The van der Waals surface area contributed by atoms with Crippen LogP contribution in [0.15, 0.2) is 35.7 Å². The fourth-order valence-electron chi connectivity index (χ4n) is 1.57. The van der Waals surface area contributed by atoms with E-state index < -0.39 is 0 Å². The van der Waals surface area contributed by atoms with Gasteiger partial charge in [0.2, 0.25) is 0 Å². The lowest BCUT2D eigenvalue weighted by Gasteiger charge is -2.07. The van der Waals surface area contributed by atoms with Crippen molar-refractivity contribution in [1.82, 2.24) is 0 Å². The molecule has 84 valence electrons. The number of hydrogen-bond acceptors (Lipinski definition) is 3. The highest BCUT2D eigenvalue weighted by Crippen LogP contribution is 2.22. The Morgan fingerprint density at radius 2 is 2.12 bits per heavy atom. The Kier molecular flexibility index (Phi) is 3.47. The molecule has 1 aromatic carbocycles. The Labute approximate surface area is 100 Å². The molecule has 0 unspecified atom stereocenters. The summed E-state index contributed by atoms with van der Waals surface area (Å²) in [7, 11) is 1.94. The van der Waals surface area contributed by atoms with Gasteiger partial charge in [-0.3, -0.25) is 0 Å². The molecule has 2 aromatic rings. The smallest absolute Gasteiger partial charge is 0.0914 e. The Hall–Kier alpha value is -1.48. The van der Waals surface area contributed by atoms with E-state index in [1.165, 1.54) is 16.1 Å². The van der Waals surface area contributed by atoms with E-state index in [2.05, 4.69) is 53.3 Å². The van der Waals surface area contributed by atoms with Crippen LogP contribution >= 0.6 is 11.3 Å². The summed E-state index contributed by atoms with van der Waals surface area (Å²) >= 11 is 1.75. The molecule has 3 heteroatoms. The first kappa shape index (κ1) is 11.0. The first-order valence-electron chi connectivity index (χ1n) is 5.34. The summed E-state index contributed by atoms with van der Waals surface area (Å²) < 4.78 is 0. The van der Waals surface area contributed by atoms with Gasteiger partial charge in [0, 0.05) is 19.3 Å². The molecule has 0 spiro atoms. The minimum absolute atomic E-state index is 0.872. The molecule has 0 fully saturated rings. The van der Waals surface area contributed by atoms with Crippen molar-refractivity contribution >= 4 is 22.0 Å². The topological polar surface area (TPSA) is 24.1 Å². The number of thiophene rings is 1. The van der Waals surface area contributed by atoms with Crippen molar-refractivity contribution in [2.24, 2.45) is 0 Å². The number of benzene rings is 1. The Bertz CT molecular complexity index is 462. The highest BCUT2D eigenvalue weighted by Gasteiger charge is 1.99. The van der Waals surface area contributed by atoms with Crippen LogP contribution in [0.2, 0.25) is 0 Å². The van der Waals surface area contributed by atoms with Crippen molar-refractivity contribution in [2.45, 2.75) is 13.5 Å². The van der Waals surface area contributed by atoms with Crippen molar-refractivity contribution in [1.29, 1.82) is 0 Å². The normalized spacial score (nSPS) is 10.1. The average molecular weight is 232 g/mol. The SMILES string of the molecule is CNc1cccc(CNc2sccc2C)c1. The van der Waals surface area contributed by atoms with Crippen molar-refractivity contribution in [2.75, 3.05) is 17.7 Å². The van der Waals surface area contributed by atoms with E-state index in [4.69, 9.17) is 0 Å². The molecule has 2 N–H and O–H groups in total. The summed E-state index contributed by atoms with van der Waals surface area (Å²) in [6.07, 6.45) is 0. The highest BCUT2D eigenvalue weighted by atomic mass is 32.1. The Balaban J connectivity index is 2.02.